The van der Waals surface area contributed by atoms with E-state index in [4.69, 9.17) is 0 Å². The van der Waals surface area contributed by atoms with Gasteiger partial charge < -0.3 is 9.80 Å². The lowest BCUT2D eigenvalue weighted by Gasteiger charge is -2.34. The van der Waals surface area contributed by atoms with Gasteiger partial charge in [-0.05, 0) is 98.7 Å². The smallest absolute Gasteiger partial charge is 0.253 e. The summed E-state index contributed by atoms with van der Waals surface area (Å²) in [6, 6.07) is 7.85. The molecule has 1 aromatic carbocycles. The first kappa shape index (κ1) is 21.6. The van der Waals surface area contributed by atoms with E-state index in [9.17, 15) is 4.79 Å². The Morgan fingerprint density at radius 3 is 2.20 bits per heavy atom. The summed E-state index contributed by atoms with van der Waals surface area (Å²) in [6.45, 7) is 9.53. The monoisotopic (exact) mass is 472 g/mol. The lowest BCUT2D eigenvalue weighted by molar-refractivity contribution is 0.0668. The maximum absolute atomic E-state index is 13.0. The number of aromatic nitrogens is 2. The van der Waals surface area contributed by atoms with Crippen LogP contribution in [-0.2, 0) is 0 Å². The third kappa shape index (κ3) is 4.80. The van der Waals surface area contributed by atoms with Crippen LogP contribution < -0.4 is 0 Å². The van der Waals surface area contributed by atoms with Gasteiger partial charge in [-0.15, -0.1) is 0 Å². The highest BCUT2D eigenvalue weighted by atomic mass is 79.9. The van der Waals surface area contributed by atoms with Crippen LogP contribution in [0.1, 0.15) is 60.3 Å². The number of halogens is 1. The summed E-state index contributed by atoms with van der Waals surface area (Å²) >= 11 is 3.58. The SMILES string of the molecule is Cc1nn(-c2ccc(C(=O)N3CCC(CN4CCCCCC4)CC3)cc2)c(C)c1Br. The van der Waals surface area contributed by atoms with E-state index in [1.165, 1.54) is 45.3 Å². The van der Waals surface area contributed by atoms with Crippen LogP contribution in [0.5, 0.6) is 0 Å². The highest BCUT2D eigenvalue weighted by Gasteiger charge is 2.25. The van der Waals surface area contributed by atoms with Gasteiger partial charge in [-0.1, -0.05) is 12.8 Å². The molecule has 5 nitrogen and oxygen atoms in total. The zero-order valence-corrected chi connectivity index (χ0v) is 19.8. The van der Waals surface area contributed by atoms with E-state index in [2.05, 4.69) is 25.9 Å². The number of piperidine rings is 1. The summed E-state index contributed by atoms with van der Waals surface area (Å²) in [4.78, 5) is 17.7. The Morgan fingerprint density at radius 1 is 1.00 bits per heavy atom. The molecule has 2 fully saturated rings. The van der Waals surface area contributed by atoms with Crippen molar-refractivity contribution in [1.82, 2.24) is 19.6 Å². The van der Waals surface area contributed by atoms with E-state index in [0.717, 1.165) is 59.0 Å². The highest BCUT2D eigenvalue weighted by Crippen LogP contribution is 2.24. The van der Waals surface area contributed by atoms with Crippen molar-refractivity contribution in [3.05, 3.63) is 45.7 Å². The van der Waals surface area contributed by atoms with Crippen molar-refractivity contribution in [2.75, 3.05) is 32.7 Å². The molecule has 0 unspecified atom stereocenters. The Kier molecular flexibility index (Phi) is 6.94. The number of hydrogen-bond acceptors (Lipinski definition) is 3. The summed E-state index contributed by atoms with van der Waals surface area (Å²) in [7, 11) is 0. The topological polar surface area (TPSA) is 41.4 Å². The molecular weight excluding hydrogens is 440 g/mol. The van der Waals surface area contributed by atoms with Crippen molar-refractivity contribution < 1.29 is 4.79 Å². The molecule has 6 heteroatoms. The molecule has 4 rings (SSSR count). The summed E-state index contributed by atoms with van der Waals surface area (Å²) in [5.74, 6) is 0.892. The number of rotatable bonds is 4. The number of aryl methyl sites for hydroxylation is 1. The molecule has 30 heavy (non-hydrogen) atoms. The van der Waals surface area contributed by atoms with E-state index >= 15 is 0 Å². The maximum Gasteiger partial charge on any atom is 0.253 e. The molecule has 0 aliphatic carbocycles. The number of carbonyl (C=O) groups is 1. The number of nitrogens with zero attached hydrogens (tertiary/aromatic N) is 4. The van der Waals surface area contributed by atoms with E-state index in [1.807, 2.05) is 47.7 Å². The van der Waals surface area contributed by atoms with Crippen LogP contribution in [0.25, 0.3) is 5.69 Å². The molecule has 2 aromatic rings. The lowest BCUT2D eigenvalue weighted by Crippen LogP contribution is -2.41. The van der Waals surface area contributed by atoms with Gasteiger partial charge in [0.1, 0.15) is 0 Å². The molecule has 1 amide bonds. The fourth-order valence-corrected chi connectivity index (χ4v) is 5.05. The van der Waals surface area contributed by atoms with Crippen molar-refractivity contribution in [1.29, 1.82) is 0 Å². The average Bonchev–Trinajstić information content (AvgIpc) is 2.95. The van der Waals surface area contributed by atoms with Gasteiger partial charge in [0.15, 0.2) is 0 Å². The molecule has 0 spiro atoms. The van der Waals surface area contributed by atoms with Crippen LogP contribution in [0.4, 0.5) is 0 Å². The van der Waals surface area contributed by atoms with E-state index < -0.39 is 0 Å². The zero-order valence-electron chi connectivity index (χ0n) is 18.2. The summed E-state index contributed by atoms with van der Waals surface area (Å²) < 4.78 is 2.95. The van der Waals surface area contributed by atoms with Crippen LogP contribution in [0, 0.1) is 19.8 Å². The number of benzene rings is 1. The molecule has 2 aliphatic rings. The van der Waals surface area contributed by atoms with Gasteiger partial charge in [0, 0.05) is 25.2 Å². The third-order valence-corrected chi connectivity index (χ3v) is 7.83. The Labute approximate surface area is 188 Å². The standard InChI is InChI=1S/C24H33BrN4O/c1-18-23(25)19(2)29(26-18)22-9-7-21(8-10-22)24(30)28-15-11-20(12-16-28)17-27-13-5-3-4-6-14-27/h7-10,20H,3-6,11-17H2,1-2H3. The predicted octanol–water partition coefficient (Wildman–Crippen LogP) is 4.98. The highest BCUT2D eigenvalue weighted by molar-refractivity contribution is 9.10. The molecule has 2 saturated heterocycles. The minimum absolute atomic E-state index is 0.157. The third-order valence-electron chi connectivity index (χ3n) is 6.68. The van der Waals surface area contributed by atoms with Crippen molar-refractivity contribution >= 4 is 21.8 Å². The lowest BCUT2D eigenvalue weighted by atomic mass is 9.95. The summed E-state index contributed by atoms with van der Waals surface area (Å²) in [5.41, 5.74) is 3.79. The number of likely N-dealkylation sites (tertiary alicyclic amines) is 2. The molecule has 162 valence electrons. The largest absolute Gasteiger partial charge is 0.339 e. The predicted molar refractivity (Wildman–Crippen MR) is 124 cm³/mol. The van der Waals surface area contributed by atoms with Gasteiger partial charge in [-0.3, -0.25) is 4.79 Å². The van der Waals surface area contributed by atoms with Gasteiger partial charge in [-0.2, -0.15) is 5.10 Å². The van der Waals surface area contributed by atoms with Crippen LogP contribution >= 0.6 is 15.9 Å². The number of carbonyl (C=O) groups excluding carboxylic acids is 1. The summed E-state index contributed by atoms with van der Waals surface area (Å²) in [5, 5.41) is 4.58. The minimum atomic E-state index is 0.157. The molecule has 2 aliphatic heterocycles. The van der Waals surface area contributed by atoms with E-state index in [1.54, 1.807) is 0 Å². The van der Waals surface area contributed by atoms with Gasteiger partial charge in [0.25, 0.3) is 5.91 Å². The quantitative estimate of drug-likeness (QED) is 0.629. The van der Waals surface area contributed by atoms with Crippen LogP contribution in [-0.4, -0.2) is 58.2 Å². The van der Waals surface area contributed by atoms with Crippen molar-refractivity contribution in [3.63, 3.8) is 0 Å². The average molecular weight is 473 g/mol. The van der Waals surface area contributed by atoms with E-state index in [-0.39, 0.29) is 5.91 Å². The van der Waals surface area contributed by atoms with Crippen LogP contribution in [0.2, 0.25) is 0 Å². The van der Waals surface area contributed by atoms with Gasteiger partial charge >= 0.3 is 0 Å². The molecular formula is C24H33BrN4O. The molecule has 0 radical (unpaired) electrons. The Hall–Kier alpha value is -1.66. The second-order valence-electron chi connectivity index (χ2n) is 8.89. The number of amides is 1. The van der Waals surface area contributed by atoms with Crippen molar-refractivity contribution in [2.45, 2.75) is 52.4 Å². The van der Waals surface area contributed by atoms with Gasteiger partial charge in [0.2, 0.25) is 0 Å². The van der Waals surface area contributed by atoms with Gasteiger partial charge in [-0.25, -0.2) is 4.68 Å². The molecule has 1 aromatic heterocycles. The second kappa shape index (κ2) is 9.65. The van der Waals surface area contributed by atoms with Crippen LogP contribution in [0.3, 0.4) is 0 Å². The number of hydrogen-bond donors (Lipinski definition) is 0. The van der Waals surface area contributed by atoms with Crippen molar-refractivity contribution in [2.24, 2.45) is 5.92 Å². The molecule has 0 N–H and O–H groups in total. The Balaban J connectivity index is 1.33. The van der Waals surface area contributed by atoms with Crippen LogP contribution in [0.15, 0.2) is 28.7 Å². The fraction of sp³-hybridized carbons (Fsp3) is 0.583. The first-order valence-electron chi connectivity index (χ1n) is 11.4. The normalized spacial score (nSPS) is 19.1. The fourth-order valence-electron chi connectivity index (χ4n) is 4.81. The maximum atomic E-state index is 13.0. The molecule has 0 saturated carbocycles. The van der Waals surface area contributed by atoms with E-state index in [0.29, 0.717) is 0 Å². The molecule has 0 atom stereocenters. The summed E-state index contributed by atoms with van der Waals surface area (Å²) in [6.07, 6.45) is 7.72. The minimum Gasteiger partial charge on any atom is -0.339 e. The Morgan fingerprint density at radius 2 is 1.63 bits per heavy atom. The second-order valence-corrected chi connectivity index (χ2v) is 9.69. The molecule has 0 bridgehead atoms. The Bertz CT molecular complexity index is 860. The first-order chi connectivity index (χ1) is 14.5. The molecule has 3 heterocycles. The first-order valence-corrected chi connectivity index (χ1v) is 12.2. The zero-order chi connectivity index (χ0) is 21.1. The van der Waals surface area contributed by atoms with Crippen molar-refractivity contribution in [3.8, 4) is 5.69 Å². The van der Waals surface area contributed by atoms with Gasteiger partial charge in [0.05, 0.1) is 21.5 Å².